The summed E-state index contributed by atoms with van der Waals surface area (Å²) in [6.45, 7) is 2.03. The predicted molar refractivity (Wildman–Crippen MR) is 138 cm³/mol. The monoisotopic (exact) mass is 521 g/mol. The van der Waals surface area contributed by atoms with Crippen LogP contribution in [-0.4, -0.2) is 50.7 Å². The fourth-order valence-electron chi connectivity index (χ4n) is 4.24. The molecular formula is C27H27N3O6S. The van der Waals surface area contributed by atoms with Crippen LogP contribution in [0.4, 0.5) is 5.69 Å². The zero-order valence-corrected chi connectivity index (χ0v) is 21.3. The third-order valence-electron chi connectivity index (χ3n) is 6.26. The lowest BCUT2D eigenvalue weighted by atomic mass is 10.1. The maximum atomic E-state index is 13.6. The van der Waals surface area contributed by atoms with E-state index in [4.69, 9.17) is 9.88 Å². The smallest absolute Gasteiger partial charge is 0.257 e. The zero-order valence-electron chi connectivity index (χ0n) is 20.5. The van der Waals surface area contributed by atoms with Crippen molar-refractivity contribution in [2.75, 3.05) is 18.6 Å². The van der Waals surface area contributed by atoms with Crippen molar-refractivity contribution in [3.8, 4) is 5.75 Å². The minimum Gasteiger partial charge on any atom is -0.497 e. The average molecular weight is 522 g/mol. The van der Waals surface area contributed by atoms with Crippen LogP contribution < -0.4 is 14.8 Å². The molecule has 3 aromatic rings. The fraction of sp³-hybridized carbons (Fsp3) is 0.222. The molecule has 2 N–H and O–H groups in total. The first kappa shape index (κ1) is 26.1. The Morgan fingerprint density at radius 1 is 1.05 bits per heavy atom. The van der Waals surface area contributed by atoms with E-state index in [9.17, 15) is 22.8 Å². The lowest BCUT2D eigenvalue weighted by Gasteiger charge is -2.28. The van der Waals surface area contributed by atoms with Crippen LogP contribution in [0.1, 0.15) is 27.9 Å². The number of benzene rings is 3. The van der Waals surface area contributed by atoms with Gasteiger partial charge in [-0.05, 0) is 61.4 Å². The molecule has 4 rings (SSSR count). The van der Waals surface area contributed by atoms with Gasteiger partial charge in [0.1, 0.15) is 11.8 Å². The van der Waals surface area contributed by atoms with E-state index in [1.54, 1.807) is 48.5 Å². The average Bonchev–Trinajstić information content (AvgIpc) is 3.17. The van der Waals surface area contributed by atoms with Gasteiger partial charge in [0.05, 0.1) is 24.1 Å². The summed E-state index contributed by atoms with van der Waals surface area (Å²) < 4.78 is 28.4. The van der Waals surface area contributed by atoms with Crippen LogP contribution in [0.5, 0.6) is 5.75 Å². The van der Waals surface area contributed by atoms with Crippen molar-refractivity contribution >= 4 is 33.4 Å². The van der Waals surface area contributed by atoms with E-state index in [1.807, 2.05) is 19.1 Å². The second kappa shape index (κ2) is 10.5. The second-order valence-corrected chi connectivity index (χ2v) is 10.4. The van der Waals surface area contributed by atoms with Crippen LogP contribution in [0.3, 0.4) is 0 Å². The Balaban J connectivity index is 1.63. The molecule has 1 unspecified atom stereocenters. The molecule has 1 aliphatic rings. The van der Waals surface area contributed by atoms with Crippen molar-refractivity contribution in [3.63, 3.8) is 0 Å². The van der Waals surface area contributed by atoms with Crippen LogP contribution in [0.2, 0.25) is 0 Å². The van der Waals surface area contributed by atoms with Crippen LogP contribution in [0.25, 0.3) is 0 Å². The Morgan fingerprint density at radius 3 is 2.35 bits per heavy atom. The third kappa shape index (κ3) is 5.71. The molecule has 1 saturated heterocycles. The molecule has 9 nitrogen and oxygen atoms in total. The van der Waals surface area contributed by atoms with E-state index in [0.29, 0.717) is 23.4 Å². The van der Waals surface area contributed by atoms with Crippen molar-refractivity contribution < 1.29 is 27.5 Å². The maximum absolute atomic E-state index is 13.6. The molecule has 1 aliphatic heterocycles. The van der Waals surface area contributed by atoms with Gasteiger partial charge in [-0.1, -0.05) is 35.9 Å². The molecule has 10 heteroatoms. The predicted octanol–water partition coefficient (Wildman–Crippen LogP) is 2.67. The van der Waals surface area contributed by atoms with E-state index in [-0.39, 0.29) is 23.8 Å². The van der Waals surface area contributed by atoms with Crippen LogP contribution >= 0.6 is 0 Å². The summed E-state index contributed by atoms with van der Waals surface area (Å²) in [6.07, 6.45) is 0.176. The van der Waals surface area contributed by atoms with Gasteiger partial charge in [-0.2, -0.15) is 0 Å². The van der Waals surface area contributed by atoms with Crippen molar-refractivity contribution in [3.05, 3.63) is 89.5 Å². The van der Waals surface area contributed by atoms with E-state index in [2.05, 4.69) is 0 Å². The van der Waals surface area contributed by atoms with Gasteiger partial charge in [0.15, 0.2) is 0 Å². The van der Waals surface area contributed by atoms with Gasteiger partial charge in [-0.25, -0.2) is 18.5 Å². The first-order valence-electron chi connectivity index (χ1n) is 11.6. The number of sulfonamides is 1. The minimum absolute atomic E-state index is 0.0223. The van der Waals surface area contributed by atoms with Gasteiger partial charge < -0.3 is 9.64 Å². The van der Waals surface area contributed by atoms with Gasteiger partial charge in [-0.3, -0.25) is 14.4 Å². The highest BCUT2D eigenvalue weighted by atomic mass is 32.2. The largest absolute Gasteiger partial charge is 0.497 e. The lowest BCUT2D eigenvalue weighted by Crippen LogP contribution is -2.46. The molecule has 3 aromatic carbocycles. The molecule has 0 bridgehead atoms. The Kier molecular flexibility index (Phi) is 7.42. The number of hydrogen-bond acceptors (Lipinski definition) is 6. The number of carbonyl (C=O) groups is 3. The van der Waals surface area contributed by atoms with Gasteiger partial charge in [0, 0.05) is 12.1 Å². The fourth-order valence-corrected chi connectivity index (χ4v) is 4.76. The van der Waals surface area contributed by atoms with Gasteiger partial charge in [0.2, 0.25) is 15.9 Å². The van der Waals surface area contributed by atoms with Gasteiger partial charge in [-0.15, -0.1) is 0 Å². The summed E-state index contributed by atoms with van der Waals surface area (Å²) in [6, 6.07) is 18.6. The highest BCUT2D eigenvalue weighted by molar-refractivity contribution is 7.89. The third-order valence-corrected chi connectivity index (χ3v) is 7.19. The Morgan fingerprint density at radius 2 is 1.73 bits per heavy atom. The first-order chi connectivity index (χ1) is 17.6. The molecule has 0 spiro atoms. The normalized spacial score (nSPS) is 15.6. The molecule has 1 atom stereocenters. The number of rotatable bonds is 8. The molecule has 37 heavy (non-hydrogen) atoms. The van der Waals surface area contributed by atoms with E-state index in [1.165, 1.54) is 24.1 Å². The topological polar surface area (TPSA) is 127 Å². The highest BCUT2D eigenvalue weighted by Gasteiger charge is 2.44. The number of aryl methyl sites for hydroxylation is 1. The number of carbonyl (C=O) groups excluding carboxylic acids is 3. The number of primary sulfonamides is 1. The van der Waals surface area contributed by atoms with Crippen LogP contribution in [0, 0.1) is 6.92 Å². The quantitative estimate of drug-likeness (QED) is 0.454. The van der Waals surface area contributed by atoms with E-state index < -0.39 is 27.9 Å². The number of ether oxygens (including phenoxy) is 1. The van der Waals surface area contributed by atoms with E-state index >= 15 is 0 Å². The van der Waals surface area contributed by atoms with Gasteiger partial charge >= 0.3 is 0 Å². The number of nitrogens with two attached hydrogens (primary N) is 1. The summed E-state index contributed by atoms with van der Waals surface area (Å²) >= 11 is 0. The highest BCUT2D eigenvalue weighted by Crippen LogP contribution is 2.28. The Hall–Kier alpha value is -4.02. The molecule has 3 amide bonds. The van der Waals surface area contributed by atoms with Gasteiger partial charge in [0.25, 0.3) is 11.8 Å². The molecule has 192 valence electrons. The van der Waals surface area contributed by atoms with Crippen LogP contribution in [0.15, 0.2) is 77.7 Å². The summed E-state index contributed by atoms with van der Waals surface area (Å²) in [5.41, 5.74) is 2.50. The van der Waals surface area contributed by atoms with Crippen molar-refractivity contribution in [2.24, 2.45) is 5.14 Å². The van der Waals surface area contributed by atoms with Crippen molar-refractivity contribution in [1.82, 2.24) is 4.90 Å². The lowest BCUT2D eigenvalue weighted by molar-refractivity contribution is -0.122. The minimum atomic E-state index is -3.83. The van der Waals surface area contributed by atoms with Crippen molar-refractivity contribution in [2.45, 2.75) is 30.7 Å². The second-order valence-electron chi connectivity index (χ2n) is 8.79. The standard InChI is InChI=1S/C27H27N3O6S/c1-18-6-10-21(11-7-18)30-25(31)17-24(27(30)33)29(26(32)20-4-3-5-22(16-20)36-2)15-14-19-8-12-23(13-9-19)37(28,34)35/h3-13,16,24H,14-15,17H2,1-2H3,(H2,28,34,35). The zero-order chi connectivity index (χ0) is 26.7. The molecule has 1 fully saturated rings. The summed E-state index contributed by atoms with van der Waals surface area (Å²) in [4.78, 5) is 42.5. The molecule has 0 radical (unpaired) electrons. The van der Waals surface area contributed by atoms with Crippen molar-refractivity contribution in [1.29, 1.82) is 0 Å². The molecule has 1 heterocycles. The Labute approximate surface area is 215 Å². The number of hydrogen-bond donors (Lipinski definition) is 1. The summed E-state index contributed by atoms with van der Waals surface area (Å²) in [5, 5.41) is 5.17. The number of imide groups is 1. The number of amides is 3. The Bertz CT molecular complexity index is 1440. The van der Waals surface area contributed by atoms with Crippen LogP contribution in [-0.2, 0) is 26.0 Å². The SMILES string of the molecule is COc1cccc(C(=O)N(CCc2ccc(S(N)(=O)=O)cc2)C2CC(=O)N(c3ccc(C)cc3)C2=O)c1. The van der Waals surface area contributed by atoms with E-state index in [0.717, 1.165) is 16.0 Å². The summed E-state index contributed by atoms with van der Waals surface area (Å²) in [5.74, 6) is -0.800. The number of nitrogens with zero attached hydrogens (tertiary/aromatic N) is 2. The number of methoxy groups -OCH3 is 1. The summed E-state index contributed by atoms with van der Waals surface area (Å²) in [7, 11) is -2.34. The molecule has 0 aromatic heterocycles. The molecule has 0 saturated carbocycles. The number of anilines is 1. The maximum Gasteiger partial charge on any atom is 0.257 e. The molecular weight excluding hydrogens is 494 g/mol. The first-order valence-corrected chi connectivity index (χ1v) is 13.1. The molecule has 0 aliphatic carbocycles.